The Morgan fingerprint density at radius 2 is 1.69 bits per heavy atom. The molecule has 1 saturated heterocycles. The highest BCUT2D eigenvalue weighted by atomic mass is 16.6. The zero-order valence-corrected chi connectivity index (χ0v) is 9.20. The number of ether oxygens (including phenoxy) is 1. The van der Waals surface area contributed by atoms with Gasteiger partial charge in [0.1, 0.15) is 6.10 Å². The van der Waals surface area contributed by atoms with Gasteiger partial charge in [-0.25, -0.2) is 0 Å². The van der Waals surface area contributed by atoms with Crippen LogP contribution in [0.25, 0.3) is 0 Å². The molecule has 0 radical (unpaired) electrons. The fourth-order valence-electron chi connectivity index (χ4n) is 2.46. The van der Waals surface area contributed by atoms with Crippen LogP contribution in [0.3, 0.4) is 0 Å². The van der Waals surface area contributed by atoms with E-state index in [1.165, 1.54) is 0 Å². The van der Waals surface area contributed by atoms with E-state index in [-0.39, 0.29) is 18.0 Å². The van der Waals surface area contributed by atoms with Crippen molar-refractivity contribution >= 4 is 5.97 Å². The lowest BCUT2D eigenvalue weighted by molar-refractivity contribution is -0.144. The third-order valence-corrected chi connectivity index (χ3v) is 3.02. The van der Waals surface area contributed by atoms with E-state index in [1.54, 1.807) is 0 Å². The van der Waals surface area contributed by atoms with Crippen LogP contribution in [-0.4, -0.2) is 12.1 Å². The number of cyclic esters (lactones) is 1. The van der Waals surface area contributed by atoms with Gasteiger partial charge >= 0.3 is 5.97 Å². The first-order valence-electron chi connectivity index (χ1n) is 5.15. The highest BCUT2D eigenvalue weighted by Crippen LogP contribution is 2.38. The van der Waals surface area contributed by atoms with E-state index in [4.69, 9.17) is 4.74 Å². The molecule has 0 aliphatic carbocycles. The molecule has 0 N–H and O–H groups in total. The first-order valence-corrected chi connectivity index (χ1v) is 5.15. The highest BCUT2D eigenvalue weighted by molar-refractivity contribution is 5.75. The summed E-state index contributed by atoms with van der Waals surface area (Å²) in [6.45, 7) is 10.5. The van der Waals surface area contributed by atoms with Crippen molar-refractivity contribution in [1.29, 1.82) is 0 Å². The summed E-state index contributed by atoms with van der Waals surface area (Å²) in [6, 6.07) is 0. The molecule has 1 fully saturated rings. The largest absolute Gasteiger partial charge is 0.462 e. The van der Waals surface area contributed by atoms with Crippen molar-refractivity contribution < 1.29 is 9.53 Å². The molecular formula is C11H20O2. The van der Waals surface area contributed by atoms with E-state index in [2.05, 4.69) is 27.7 Å². The Morgan fingerprint density at radius 3 is 2.00 bits per heavy atom. The lowest BCUT2D eigenvalue weighted by Gasteiger charge is -2.24. The maximum absolute atomic E-state index is 11.5. The second-order valence-corrected chi connectivity index (χ2v) is 4.73. The number of esters is 1. The Hall–Kier alpha value is -0.530. The van der Waals surface area contributed by atoms with Crippen LogP contribution in [0.1, 0.15) is 34.6 Å². The molecule has 1 aliphatic heterocycles. The van der Waals surface area contributed by atoms with Crippen LogP contribution < -0.4 is 0 Å². The Labute approximate surface area is 80.7 Å². The van der Waals surface area contributed by atoms with Crippen molar-refractivity contribution in [3.8, 4) is 0 Å². The van der Waals surface area contributed by atoms with Crippen molar-refractivity contribution in [2.45, 2.75) is 40.7 Å². The maximum atomic E-state index is 11.5. The number of carbonyl (C=O) groups is 1. The normalized spacial score (nSPS) is 34.4. The average molecular weight is 184 g/mol. The first kappa shape index (κ1) is 10.6. The zero-order chi connectivity index (χ0) is 10.2. The maximum Gasteiger partial charge on any atom is 0.309 e. The lowest BCUT2D eigenvalue weighted by atomic mass is 9.76. The van der Waals surface area contributed by atoms with Gasteiger partial charge in [0, 0.05) is 5.92 Å². The van der Waals surface area contributed by atoms with Gasteiger partial charge in [-0.1, -0.05) is 27.7 Å². The predicted octanol–water partition coefficient (Wildman–Crippen LogP) is 2.48. The van der Waals surface area contributed by atoms with Gasteiger partial charge in [-0.3, -0.25) is 4.79 Å². The van der Waals surface area contributed by atoms with Crippen LogP contribution in [0.2, 0.25) is 0 Å². The van der Waals surface area contributed by atoms with Crippen LogP contribution in [0.4, 0.5) is 0 Å². The van der Waals surface area contributed by atoms with Gasteiger partial charge < -0.3 is 4.74 Å². The van der Waals surface area contributed by atoms with Crippen molar-refractivity contribution in [1.82, 2.24) is 0 Å². The molecule has 0 aromatic carbocycles. The van der Waals surface area contributed by atoms with Crippen LogP contribution in [0, 0.1) is 23.7 Å². The Morgan fingerprint density at radius 1 is 1.15 bits per heavy atom. The summed E-state index contributed by atoms with van der Waals surface area (Å²) in [6.07, 6.45) is 0.0971. The van der Waals surface area contributed by atoms with Gasteiger partial charge in [0.15, 0.2) is 0 Å². The summed E-state index contributed by atoms with van der Waals surface area (Å²) in [7, 11) is 0. The summed E-state index contributed by atoms with van der Waals surface area (Å²) >= 11 is 0. The van der Waals surface area contributed by atoms with E-state index in [9.17, 15) is 4.79 Å². The minimum absolute atomic E-state index is 0.00111. The number of hydrogen-bond acceptors (Lipinski definition) is 2. The first-order chi connectivity index (χ1) is 5.95. The van der Waals surface area contributed by atoms with Crippen LogP contribution in [0.5, 0.6) is 0 Å². The van der Waals surface area contributed by atoms with Crippen LogP contribution >= 0.6 is 0 Å². The molecule has 1 heterocycles. The topological polar surface area (TPSA) is 26.3 Å². The second kappa shape index (κ2) is 3.69. The van der Waals surface area contributed by atoms with Gasteiger partial charge in [0.25, 0.3) is 0 Å². The molecule has 76 valence electrons. The van der Waals surface area contributed by atoms with Gasteiger partial charge in [0.05, 0.1) is 5.92 Å². The average Bonchev–Trinajstić information content (AvgIpc) is 2.24. The number of rotatable bonds is 2. The predicted molar refractivity (Wildman–Crippen MR) is 52.2 cm³/mol. The Kier molecular flexibility index (Phi) is 2.99. The minimum Gasteiger partial charge on any atom is -0.462 e. The van der Waals surface area contributed by atoms with E-state index < -0.39 is 0 Å². The van der Waals surface area contributed by atoms with Crippen molar-refractivity contribution in [3.05, 3.63) is 0 Å². The molecule has 0 amide bonds. The van der Waals surface area contributed by atoms with E-state index >= 15 is 0 Å². The van der Waals surface area contributed by atoms with Gasteiger partial charge in [-0.15, -0.1) is 0 Å². The summed E-state index contributed by atoms with van der Waals surface area (Å²) in [4.78, 5) is 11.5. The van der Waals surface area contributed by atoms with Gasteiger partial charge in [-0.2, -0.15) is 0 Å². The summed E-state index contributed by atoms with van der Waals surface area (Å²) < 4.78 is 5.27. The fourth-order valence-corrected chi connectivity index (χ4v) is 2.46. The summed E-state index contributed by atoms with van der Waals surface area (Å²) in [5.41, 5.74) is 0. The minimum atomic E-state index is 0.00111. The molecule has 1 aliphatic rings. The van der Waals surface area contributed by atoms with E-state index in [0.29, 0.717) is 17.8 Å². The number of carbonyl (C=O) groups excluding carboxylic acids is 1. The van der Waals surface area contributed by atoms with Crippen LogP contribution in [0.15, 0.2) is 0 Å². The molecule has 13 heavy (non-hydrogen) atoms. The van der Waals surface area contributed by atoms with Crippen molar-refractivity contribution in [3.63, 3.8) is 0 Å². The molecule has 3 atom stereocenters. The molecule has 1 rings (SSSR count). The molecule has 0 spiro atoms. The molecule has 2 nitrogen and oxygen atoms in total. The van der Waals surface area contributed by atoms with Crippen molar-refractivity contribution in [2.24, 2.45) is 23.7 Å². The highest BCUT2D eigenvalue weighted by Gasteiger charge is 2.44. The molecule has 0 bridgehead atoms. The molecular weight excluding hydrogens is 164 g/mol. The molecule has 2 heteroatoms. The number of hydrogen-bond donors (Lipinski definition) is 0. The smallest absolute Gasteiger partial charge is 0.309 e. The molecule has 0 aromatic rings. The van der Waals surface area contributed by atoms with Crippen LogP contribution in [-0.2, 0) is 9.53 Å². The van der Waals surface area contributed by atoms with Gasteiger partial charge in [0.2, 0.25) is 0 Å². The Balaban J connectivity index is 2.83. The lowest BCUT2D eigenvalue weighted by Crippen LogP contribution is -2.28. The molecule has 0 saturated carbocycles. The quantitative estimate of drug-likeness (QED) is 0.616. The SMILES string of the molecule is CC(C)C1C(=O)OC(C)C1C(C)C. The summed E-state index contributed by atoms with van der Waals surface area (Å²) in [5, 5.41) is 0. The van der Waals surface area contributed by atoms with Gasteiger partial charge in [-0.05, 0) is 18.8 Å². The summed E-state index contributed by atoms with van der Waals surface area (Å²) in [5.74, 6) is 1.42. The van der Waals surface area contributed by atoms with E-state index in [1.807, 2.05) is 6.92 Å². The zero-order valence-electron chi connectivity index (χ0n) is 9.20. The molecule has 3 unspecified atom stereocenters. The third-order valence-electron chi connectivity index (χ3n) is 3.02. The second-order valence-electron chi connectivity index (χ2n) is 4.73. The fraction of sp³-hybridized carbons (Fsp3) is 0.909. The van der Waals surface area contributed by atoms with Crippen molar-refractivity contribution in [2.75, 3.05) is 0 Å². The molecule has 0 aromatic heterocycles. The third kappa shape index (κ3) is 1.87. The monoisotopic (exact) mass is 184 g/mol. The standard InChI is InChI=1S/C11H20O2/c1-6(2)9-8(5)13-11(12)10(9)7(3)4/h6-10H,1-5H3. The van der Waals surface area contributed by atoms with E-state index in [0.717, 1.165) is 0 Å². The Bertz CT molecular complexity index is 196.